The third-order valence-corrected chi connectivity index (χ3v) is 3.85. The van der Waals surface area contributed by atoms with Gasteiger partial charge in [-0.1, -0.05) is 18.2 Å². The molecule has 4 nitrogen and oxygen atoms in total. The second-order valence-corrected chi connectivity index (χ2v) is 5.53. The Morgan fingerprint density at radius 1 is 1.29 bits per heavy atom. The molecule has 0 heterocycles. The number of nitrogens with two attached hydrogens (primary N) is 1. The van der Waals surface area contributed by atoms with Crippen LogP contribution in [0, 0.1) is 0 Å². The van der Waals surface area contributed by atoms with Crippen LogP contribution < -0.4 is 15.8 Å². The highest BCUT2D eigenvalue weighted by Crippen LogP contribution is 2.28. The summed E-state index contributed by atoms with van der Waals surface area (Å²) in [7, 11) is 1.61. The predicted molar refractivity (Wildman–Crippen MR) is 87.4 cm³/mol. The van der Waals surface area contributed by atoms with E-state index in [9.17, 15) is 4.79 Å². The van der Waals surface area contributed by atoms with Crippen LogP contribution >= 0.6 is 15.9 Å². The van der Waals surface area contributed by atoms with Crippen LogP contribution in [0.3, 0.4) is 0 Å². The molecule has 0 aromatic heterocycles. The van der Waals surface area contributed by atoms with Gasteiger partial charge in [-0.15, -0.1) is 0 Å². The Labute approximate surface area is 132 Å². The Morgan fingerprint density at radius 2 is 2.00 bits per heavy atom. The number of rotatable bonds is 4. The number of nitrogens with one attached hydrogen (secondary N) is 1. The molecule has 21 heavy (non-hydrogen) atoms. The fraction of sp³-hybridized carbons (Fsp3) is 0.188. The summed E-state index contributed by atoms with van der Waals surface area (Å²) in [5.41, 5.74) is 7.74. The summed E-state index contributed by atoms with van der Waals surface area (Å²) < 4.78 is 6.04. The van der Waals surface area contributed by atoms with Gasteiger partial charge in [0, 0.05) is 5.69 Å². The van der Waals surface area contributed by atoms with Gasteiger partial charge in [0.2, 0.25) is 0 Å². The monoisotopic (exact) mass is 348 g/mol. The van der Waals surface area contributed by atoms with Crippen LogP contribution in [-0.4, -0.2) is 13.0 Å². The van der Waals surface area contributed by atoms with Gasteiger partial charge in [0.15, 0.2) is 0 Å². The maximum atomic E-state index is 12.2. The Hall–Kier alpha value is -2.01. The molecule has 2 aromatic carbocycles. The molecule has 110 valence electrons. The van der Waals surface area contributed by atoms with Gasteiger partial charge in [-0.05, 0) is 52.7 Å². The first-order chi connectivity index (χ1) is 10.0. The molecular weight excluding hydrogens is 332 g/mol. The number of methoxy groups -OCH3 is 1. The van der Waals surface area contributed by atoms with Crippen LogP contribution in [0.25, 0.3) is 0 Å². The second-order valence-electron chi connectivity index (χ2n) is 4.68. The van der Waals surface area contributed by atoms with Crippen LogP contribution in [0.1, 0.15) is 28.9 Å². The number of carbonyl (C=O) groups is 1. The normalized spacial score (nSPS) is 11.8. The fourth-order valence-corrected chi connectivity index (χ4v) is 2.57. The van der Waals surface area contributed by atoms with Gasteiger partial charge in [-0.25, -0.2) is 0 Å². The minimum atomic E-state index is -0.187. The molecule has 1 amide bonds. The summed E-state index contributed by atoms with van der Waals surface area (Å²) in [5, 5.41) is 2.94. The van der Waals surface area contributed by atoms with Crippen molar-refractivity contribution >= 4 is 27.5 Å². The van der Waals surface area contributed by atoms with Crippen molar-refractivity contribution in [1.29, 1.82) is 0 Å². The molecule has 0 radical (unpaired) electrons. The lowest BCUT2D eigenvalue weighted by Crippen LogP contribution is -2.27. The highest BCUT2D eigenvalue weighted by Gasteiger charge is 2.14. The molecule has 1 atom stereocenters. The molecule has 0 fully saturated rings. The standard InChI is InChI=1S/C16H17BrN2O2/c1-10(11-7-8-15(21-2)13(17)9-11)19-16(20)12-5-3-4-6-14(12)18/h3-10H,18H2,1-2H3,(H,19,20). The lowest BCUT2D eigenvalue weighted by Gasteiger charge is -2.16. The molecule has 5 heteroatoms. The molecule has 1 unspecified atom stereocenters. The average Bonchev–Trinajstić information content (AvgIpc) is 2.47. The van der Waals surface area contributed by atoms with E-state index in [0.717, 1.165) is 15.8 Å². The quantitative estimate of drug-likeness (QED) is 0.830. The molecular formula is C16H17BrN2O2. The van der Waals surface area contributed by atoms with Crippen molar-refractivity contribution in [2.75, 3.05) is 12.8 Å². The minimum Gasteiger partial charge on any atom is -0.496 e. The summed E-state index contributed by atoms with van der Waals surface area (Å²) in [6.07, 6.45) is 0. The van der Waals surface area contributed by atoms with E-state index in [2.05, 4.69) is 21.2 Å². The zero-order valence-corrected chi connectivity index (χ0v) is 13.5. The van der Waals surface area contributed by atoms with E-state index < -0.39 is 0 Å². The van der Waals surface area contributed by atoms with Crippen molar-refractivity contribution < 1.29 is 9.53 Å². The smallest absolute Gasteiger partial charge is 0.253 e. The Morgan fingerprint density at radius 3 is 2.62 bits per heavy atom. The first-order valence-electron chi connectivity index (χ1n) is 6.51. The van der Waals surface area contributed by atoms with E-state index in [-0.39, 0.29) is 11.9 Å². The topological polar surface area (TPSA) is 64.3 Å². The largest absolute Gasteiger partial charge is 0.496 e. The van der Waals surface area contributed by atoms with Gasteiger partial charge in [0.25, 0.3) is 5.91 Å². The van der Waals surface area contributed by atoms with Crippen molar-refractivity contribution in [3.63, 3.8) is 0 Å². The molecule has 0 aliphatic heterocycles. The van der Waals surface area contributed by atoms with Gasteiger partial charge in [0.05, 0.1) is 23.2 Å². The van der Waals surface area contributed by atoms with E-state index in [1.54, 1.807) is 31.4 Å². The number of anilines is 1. The lowest BCUT2D eigenvalue weighted by molar-refractivity contribution is 0.0941. The second kappa shape index (κ2) is 6.63. The number of hydrogen-bond donors (Lipinski definition) is 2. The minimum absolute atomic E-state index is 0.140. The first kappa shape index (κ1) is 15.4. The summed E-state index contributed by atoms with van der Waals surface area (Å²) in [6, 6.07) is 12.6. The third kappa shape index (κ3) is 3.55. The number of carbonyl (C=O) groups excluding carboxylic acids is 1. The van der Waals surface area contributed by atoms with Crippen molar-refractivity contribution in [3.05, 3.63) is 58.1 Å². The van der Waals surface area contributed by atoms with E-state index in [0.29, 0.717) is 11.3 Å². The maximum absolute atomic E-state index is 12.2. The molecule has 0 saturated heterocycles. The van der Waals surface area contributed by atoms with Crippen molar-refractivity contribution in [3.8, 4) is 5.75 Å². The number of halogens is 1. The number of para-hydroxylation sites is 1. The molecule has 0 aliphatic carbocycles. The molecule has 0 aliphatic rings. The van der Waals surface area contributed by atoms with Crippen LogP contribution in [0.2, 0.25) is 0 Å². The van der Waals surface area contributed by atoms with Crippen LogP contribution in [-0.2, 0) is 0 Å². The molecule has 3 N–H and O–H groups in total. The molecule has 2 rings (SSSR count). The Kier molecular flexibility index (Phi) is 4.85. The summed E-state index contributed by atoms with van der Waals surface area (Å²) in [5.74, 6) is 0.567. The first-order valence-corrected chi connectivity index (χ1v) is 7.31. The number of hydrogen-bond acceptors (Lipinski definition) is 3. The highest BCUT2D eigenvalue weighted by atomic mass is 79.9. The SMILES string of the molecule is COc1ccc(C(C)NC(=O)c2ccccc2N)cc1Br. The summed E-state index contributed by atoms with van der Waals surface area (Å²) >= 11 is 3.44. The van der Waals surface area contributed by atoms with Crippen molar-refractivity contribution in [1.82, 2.24) is 5.32 Å². The number of amides is 1. The van der Waals surface area contributed by atoms with Crippen molar-refractivity contribution in [2.45, 2.75) is 13.0 Å². The maximum Gasteiger partial charge on any atom is 0.253 e. The Bertz CT molecular complexity index is 658. The van der Waals surface area contributed by atoms with E-state index in [1.165, 1.54) is 0 Å². The lowest BCUT2D eigenvalue weighted by atomic mass is 10.1. The predicted octanol–water partition coefficient (Wildman–Crippen LogP) is 3.53. The van der Waals surface area contributed by atoms with Gasteiger partial charge < -0.3 is 15.8 Å². The zero-order valence-electron chi connectivity index (χ0n) is 11.9. The third-order valence-electron chi connectivity index (χ3n) is 3.23. The van der Waals surface area contributed by atoms with Crippen LogP contribution in [0.15, 0.2) is 46.9 Å². The molecule has 0 bridgehead atoms. The van der Waals surface area contributed by atoms with Gasteiger partial charge in [-0.3, -0.25) is 4.79 Å². The summed E-state index contributed by atoms with van der Waals surface area (Å²) in [6.45, 7) is 1.92. The van der Waals surface area contributed by atoms with E-state index in [1.807, 2.05) is 25.1 Å². The zero-order chi connectivity index (χ0) is 15.4. The molecule has 0 saturated carbocycles. The number of benzene rings is 2. The number of ether oxygens (including phenoxy) is 1. The Balaban J connectivity index is 2.14. The summed E-state index contributed by atoms with van der Waals surface area (Å²) in [4.78, 5) is 12.2. The number of nitrogen functional groups attached to an aromatic ring is 1. The fourth-order valence-electron chi connectivity index (χ4n) is 2.01. The van der Waals surface area contributed by atoms with Crippen LogP contribution in [0.5, 0.6) is 5.75 Å². The molecule has 0 spiro atoms. The van der Waals surface area contributed by atoms with Gasteiger partial charge in [-0.2, -0.15) is 0 Å². The highest BCUT2D eigenvalue weighted by molar-refractivity contribution is 9.10. The van der Waals surface area contributed by atoms with Gasteiger partial charge in [0.1, 0.15) is 5.75 Å². The van der Waals surface area contributed by atoms with Crippen molar-refractivity contribution in [2.24, 2.45) is 0 Å². The van der Waals surface area contributed by atoms with Crippen LogP contribution in [0.4, 0.5) is 5.69 Å². The molecule has 2 aromatic rings. The van der Waals surface area contributed by atoms with Gasteiger partial charge >= 0.3 is 0 Å². The average molecular weight is 349 g/mol. The van der Waals surface area contributed by atoms with E-state index in [4.69, 9.17) is 10.5 Å². The van der Waals surface area contributed by atoms with E-state index >= 15 is 0 Å².